The number of non-ortho nitro benzene ring substituents is 1. The molecule has 0 spiro atoms. The van der Waals surface area contributed by atoms with Crippen molar-refractivity contribution in [3.05, 3.63) is 54.7 Å². The fraction of sp³-hybridized carbons (Fsp3) is 0.111. The molecule has 0 N–H and O–H groups in total. The van der Waals surface area contributed by atoms with E-state index in [9.17, 15) is 20.2 Å². The molecular formula is C9H7ClN2O4. The smallest absolute Gasteiger partial charge is 0.259 e. The average molecular weight is 243 g/mol. The minimum absolute atomic E-state index is 0.137. The Bertz CT molecular complexity index is 484. The van der Waals surface area contributed by atoms with Gasteiger partial charge in [-0.2, -0.15) is 0 Å². The minimum atomic E-state index is -0.588. The fourth-order valence-electron chi connectivity index (χ4n) is 1.03. The van der Waals surface area contributed by atoms with Crippen LogP contribution in [0.2, 0.25) is 5.02 Å². The number of hydrogen-bond donors (Lipinski definition) is 0. The second kappa shape index (κ2) is 4.71. The van der Waals surface area contributed by atoms with E-state index in [-0.39, 0.29) is 22.0 Å². The van der Waals surface area contributed by atoms with Gasteiger partial charge in [-0.05, 0) is 6.07 Å². The predicted molar refractivity (Wildman–Crippen MR) is 58.8 cm³/mol. The van der Waals surface area contributed by atoms with Crippen molar-refractivity contribution in [1.82, 2.24) is 0 Å². The third-order valence-corrected chi connectivity index (χ3v) is 2.19. The van der Waals surface area contributed by atoms with Crippen LogP contribution in [0.4, 0.5) is 5.69 Å². The number of nitro groups is 2. The normalized spacial score (nSPS) is 11.2. The third kappa shape index (κ3) is 2.77. The zero-order valence-electron chi connectivity index (χ0n) is 8.21. The van der Waals surface area contributed by atoms with Gasteiger partial charge in [-0.25, -0.2) is 0 Å². The summed E-state index contributed by atoms with van der Waals surface area (Å²) in [6.45, 7) is 1.29. The van der Waals surface area contributed by atoms with Crippen molar-refractivity contribution in [3.8, 4) is 0 Å². The molecule has 0 heterocycles. The lowest BCUT2D eigenvalue weighted by molar-refractivity contribution is -0.422. The molecule has 0 amide bonds. The van der Waals surface area contributed by atoms with Gasteiger partial charge in [-0.3, -0.25) is 20.2 Å². The van der Waals surface area contributed by atoms with E-state index in [0.29, 0.717) is 0 Å². The van der Waals surface area contributed by atoms with Gasteiger partial charge in [-0.15, -0.1) is 0 Å². The average Bonchev–Trinajstić information content (AvgIpc) is 2.20. The first-order valence-corrected chi connectivity index (χ1v) is 4.56. The molecule has 0 aliphatic rings. The van der Waals surface area contributed by atoms with Crippen LogP contribution in [-0.4, -0.2) is 9.85 Å². The number of nitrogens with zero attached hydrogens (tertiary/aromatic N) is 2. The number of allylic oxidation sites excluding steroid dienone is 1. The summed E-state index contributed by atoms with van der Waals surface area (Å²) >= 11 is 5.76. The van der Waals surface area contributed by atoms with Crippen molar-refractivity contribution in [2.45, 2.75) is 6.92 Å². The Balaban J connectivity index is 3.23. The molecule has 0 saturated heterocycles. The van der Waals surface area contributed by atoms with Gasteiger partial charge >= 0.3 is 0 Å². The van der Waals surface area contributed by atoms with E-state index < -0.39 is 9.85 Å². The Morgan fingerprint density at radius 1 is 1.38 bits per heavy atom. The van der Waals surface area contributed by atoms with Gasteiger partial charge in [0.15, 0.2) is 0 Å². The molecule has 0 fully saturated rings. The standard InChI is InChI=1S/C9H7ClN2O4/c1-6(11(13)14)4-7-5-8(12(15)16)2-3-9(7)10/h2-5H,1H3/b6-4+. The molecule has 7 heteroatoms. The molecular weight excluding hydrogens is 236 g/mol. The van der Waals surface area contributed by atoms with Crippen LogP contribution in [0.5, 0.6) is 0 Å². The van der Waals surface area contributed by atoms with Crippen LogP contribution in [0.3, 0.4) is 0 Å². The van der Waals surface area contributed by atoms with E-state index in [2.05, 4.69) is 0 Å². The number of nitro benzene ring substituents is 1. The lowest BCUT2D eigenvalue weighted by Gasteiger charge is -1.98. The lowest BCUT2D eigenvalue weighted by Crippen LogP contribution is -1.94. The van der Waals surface area contributed by atoms with E-state index in [4.69, 9.17) is 11.6 Å². The first-order valence-electron chi connectivity index (χ1n) is 4.18. The zero-order valence-corrected chi connectivity index (χ0v) is 8.97. The maximum absolute atomic E-state index is 10.5. The van der Waals surface area contributed by atoms with Crippen LogP contribution in [0.15, 0.2) is 23.9 Å². The molecule has 0 aliphatic heterocycles. The fourth-order valence-corrected chi connectivity index (χ4v) is 1.21. The van der Waals surface area contributed by atoms with Gasteiger partial charge in [0.05, 0.1) is 9.85 Å². The minimum Gasteiger partial charge on any atom is -0.259 e. The highest BCUT2D eigenvalue weighted by atomic mass is 35.5. The Hall–Kier alpha value is -1.95. The summed E-state index contributed by atoms with van der Waals surface area (Å²) in [7, 11) is 0. The second-order valence-corrected chi connectivity index (χ2v) is 3.41. The summed E-state index contributed by atoms with van der Waals surface area (Å²) in [4.78, 5) is 19.7. The molecule has 0 aromatic heterocycles. The van der Waals surface area contributed by atoms with Gasteiger partial charge in [0.1, 0.15) is 0 Å². The van der Waals surface area contributed by atoms with Crippen molar-refractivity contribution in [1.29, 1.82) is 0 Å². The molecule has 1 aromatic carbocycles. The molecule has 16 heavy (non-hydrogen) atoms. The zero-order chi connectivity index (χ0) is 12.3. The first-order chi connectivity index (χ1) is 7.41. The largest absolute Gasteiger partial charge is 0.270 e. The number of hydrogen-bond acceptors (Lipinski definition) is 4. The Morgan fingerprint density at radius 3 is 2.50 bits per heavy atom. The van der Waals surface area contributed by atoms with Gasteiger partial charge in [0.25, 0.3) is 5.69 Å². The van der Waals surface area contributed by atoms with Crippen LogP contribution < -0.4 is 0 Å². The van der Waals surface area contributed by atoms with Crippen LogP contribution in [0.25, 0.3) is 6.08 Å². The quantitative estimate of drug-likeness (QED) is 0.602. The van der Waals surface area contributed by atoms with Crippen molar-refractivity contribution in [2.24, 2.45) is 0 Å². The predicted octanol–water partition coefficient (Wildman–Crippen LogP) is 2.89. The van der Waals surface area contributed by atoms with Crippen LogP contribution in [-0.2, 0) is 0 Å². The molecule has 1 rings (SSSR count). The molecule has 0 unspecified atom stereocenters. The molecule has 84 valence electrons. The summed E-state index contributed by atoms with van der Waals surface area (Å²) in [6.07, 6.45) is 1.19. The summed E-state index contributed by atoms with van der Waals surface area (Å²) in [6, 6.07) is 3.76. The molecule has 1 aromatic rings. The van der Waals surface area contributed by atoms with Crippen molar-refractivity contribution in [2.75, 3.05) is 0 Å². The maximum Gasteiger partial charge on any atom is 0.270 e. The Kier molecular flexibility index (Phi) is 3.57. The van der Waals surface area contributed by atoms with Crippen LogP contribution in [0, 0.1) is 20.2 Å². The van der Waals surface area contributed by atoms with Gasteiger partial charge in [-0.1, -0.05) is 11.6 Å². The Morgan fingerprint density at radius 2 is 2.00 bits per heavy atom. The molecule has 0 aliphatic carbocycles. The van der Waals surface area contributed by atoms with Crippen molar-refractivity contribution >= 4 is 23.4 Å². The highest BCUT2D eigenvalue weighted by Gasteiger charge is 2.10. The summed E-state index contributed by atoms with van der Waals surface area (Å²) in [5, 5.41) is 21.1. The van der Waals surface area contributed by atoms with E-state index in [0.717, 1.165) is 0 Å². The third-order valence-electron chi connectivity index (χ3n) is 1.84. The monoisotopic (exact) mass is 242 g/mol. The second-order valence-electron chi connectivity index (χ2n) is 3.01. The summed E-state index contributed by atoms with van der Waals surface area (Å²) in [5.41, 5.74) is -0.0423. The maximum atomic E-state index is 10.5. The molecule has 6 nitrogen and oxygen atoms in total. The molecule has 0 radical (unpaired) electrons. The molecule has 0 bridgehead atoms. The molecule has 0 atom stereocenters. The molecule has 0 saturated carbocycles. The first kappa shape index (κ1) is 12.1. The van der Waals surface area contributed by atoms with Crippen molar-refractivity contribution < 1.29 is 9.85 Å². The van der Waals surface area contributed by atoms with Crippen LogP contribution >= 0.6 is 11.6 Å². The summed E-state index contributed by atoms with van der Waals surface area (Å²) < 4.78 is 0. The number of benzene rings is 1. The highest BCUT2D eigenvalue weighted by Crippen LogP contribution is 2.24. The van der Waals surface area contributed by atoms with E-state index >= 15 is 0 Å². The van der Waals surface area contributed by atoms with E-state index in [1.807, 2.05) is 0 Å². The lowest BCUT2D eigenvalue weighted by atomic mass is 10.2. The van der Waals surface area contributed by atoms with Gasteiger partial charge < -0.3 is 0 Å². The Labute approximate surface area is 95.4 Å². The SMILES string of the molecule is C/C(=C\c1cc([N+](=O)[O-])ccc1Cl)[N+](=O)[O-]. The highest BCUT2D eigenvalue weighted by molar-refractivity contribution is 6.32. The topological polar surface area (TPSA) is 86.3 Å². The van der Waals surface area contributed by atoms with Gasteiger partial charge in [0, 0.05) is 35.7 Å². The summed E-state index contributed by atoms with van der Waals surface area (Å²) in [5.74, 6) is 0. The van der Waals surface area contributed by atoms with Crippen molar-refractivity contribution in [3.63, 3.8) is 0 Å². The van der Waals surface area contributed by atoms with E-state index in [1.54, 1.807) is 0 Å². The number of rotatable bonds is 3. The van der Waals surface area contributed by atoms with Gasteiger partial charge in [0.2, 0.25) is 5.70 Å². The number of halogens is 1. The van der Waals surface area contributed by atoms with E-state index in [1.165, 1.54) is 31.2 Å². The van der Waals surface area contributed by atoms with Crippen LogP contribution in [0.1, 0.15) is 12.5 Å².